The van der Waals surface area contributed by atoms with Crippen molar-refractivity contribution in [3.8, 4) is 17.0 Å². The molecule has 4 atom stereocenters. The number of rotatable bonds is 6. The third kappa shape index (κ3) is 6.91. The predicted molar refractivity (Wildman–Crippen MR) is 215 cm³/mol. The number of amides is 5. The number of benzene rings is 2. The maximum Gasteiger partial charge on any atom is 0.320 e. The monoisotopic (exact) mass is 830 g/mol. The average molecular weight is 831 g/mol. The van der Waals surface area contributed by atoms with E-state index in [1.807, 2.05) is 36.9 Å². The standard InChI is InChI=1S/C42H49F3N10O5/c1-24-16-26(20-50-10-12-51(13-11-50)28-7-6-27-21-53(39(59)30(27)18-28)33-8-9-35(56)47-38(33)58)17-25(2)55(24)41(60)52-14-15-54-34-19-32(29-4-3-5-31(43)36(29)57)48-49-37(34)46-22-42(54,23-52)40(44)45/h3-7,18-19,24-26,33,40,57H,8-17,20-23H2,1-2H3,(H,46,49)(H,47,56,58)/t24?,25?,26?,33-,42-/m1/s1. The molecular formula is C42H49F3N10O5. The highest BCUT2D eigenvalue weighted by molar-refractivity contribution is 6.05. The lowest BCUT2D eigenvalue weighted by molar-refractivity contribution is -0.136. The van der Waals surface area contributed by atoms with E-state index in [9.17, 15) is 28.7 Å². The van der Waals surface area contributed by atoms with Crippen LogP contribution in [-0.4, -0.2) is 148 Å². The first-order chi connectivity index (χ1) is 28.8. The number of hydrogen-bond donors (Lipinski definition) is 3. The summed E-state index contributed by atoms with van der Waals surface area (Å²) in [5.74, 6) is -1.70. The number of halogens is 3. The third-order valence-corrected chi connectivity index (χ3v) is 13.4. The van der Waals surface area contributed by atoms with E-state index < -0.39 is 35.5 Å². The number of likely N-dealkylation sites (tertiary alicyclic amines) is 1. The number of hydrogen-bond acceptors (Lipinski definition) is 11. The van der Waals surface area contributed by atoms with Gasteiger partial charge in [-0.3, -0.25) is 24.6 Å². The average Bonchev–Trinajstić information content (AvgIpc) is 3.56. The van der Waals surface area contributed by atoms with Crippen LogP contribution in [0.25, 0.3) is 11.3 Å². The van der Waals surface area contributed by atoms with Crippen LogP contribution in [0.3, 0.4) is 0 Å². The molecule has 0 radical (unpaired) electrons. The van der Waals surface area contributed by atoms with Gasteiger partial charge in [-0.05, 0) is 74.9 Å². The molecule has 3 aromatic rings. The maximum absolute atomic E-state index is 15.3. The normalized spacial score (nSPS) is 27.1. The lowest BCUT2D eigenvalue weighted by Crippen LogP contribution is -2.72. The van der Waals surface area contributed by atoms with E-state index in [2.05, 4.69) is 30.6 Å². The first-order valence-corrected chi connectivity index (χ1v) is 20.8. The number of aromatic nitrogens is 2. The van der Waals surface area contributed by atoms with E-state index in [1.54, 1.807) is 14.7 Å². The fraction of sp³-hybridized carbons (Fsp3) is 0.524. The first kappa shape index (κ1) is 39.8. The van der Waals surface area contributed by atoms with Gasteiger partial charge in [0.2, 0.25) is 11.8 Å². The number of alkyl halides is 2. The molecule has 15 nitrogen and oxygen atoms in total. The molecule has 3 N–H and O–H groups in total. The number of imide groups is 1. The quantitative estimate of drug-likeness (QED) is 0.311. The summed E-state index contributed by atoms with van der Waals surface area (Å²) in [4.78, 5) is 63.1. The summed E-state index contributed by atoms with van der Waals surface area (Å²) >= 11 is 0. The third-order valence-electron chi connectivity index (χ3n) is 13.4. The number of piperidine rings is 2. The Morgan fingerprint density at radius 2 is 1.73 bits per heavy atom. The first-order valence-electron chi connectivity index (χ1n) is 20.8. The largest absolute Gasteiger partial charge is 0.504 e. The van der Waals surface area contributed by atoms with Crippen LogP contribution in [0.2, 0.25) is 0 Å². The van der Waals surface area contributed by atoms with Crippen LogP contribution in [-0.2, 0) is 16.1 Å². The highest BCUT2D eigenvalue weighted by Crippen LogP contribution is 2.43. The van der Waals surface area contributed by atoms with Gasteiger partial charge in [0.1, 0.15) is 11.6 Å². The SMILES string of the molecule is CC1CC(CN2CCN(c3ccc4c(c3)C(=O)N([C@@H]3CCC(=O)NC3=O)C4)CC2)CC(C)N1C(=O)N1CCN2c3cc(-c4cccc(F)c4O)nnc3NC[C@]2(C(F)F)C1. The Morgan fingerprint density at radius 3 is 2.47 bits per heavy atom. The summed E-state index contributed by atoms with van der Waals surface area (Å²) in [6.45, 7) is 8.51. The van der Waals surface area contributed by atoms with Crippen molar-refractivity contribution < 1.29 is 37.5 Å². The second kappa shape index (κ2) is 15.4. The van der Waals surface area contributed by atoms with Gasteiger partial charge >= 0.3 is 6.03 Å². The number of nitrogens with zero attached hydrogens (tertiary/aromatic N) is 8. The summed E-state index contributed by atoms with van der Waals surface area (Å²) in [6, 6.07) is 10.4. The van der Waals surface area contributed by atoms with Crippen LogP contribution < -0.4 is 20.4 Å². The molecule has 9 rings (SSSR count). The summed E-state index contributed by atoms with van der Waals surface area (Å²) in [5.41, 5.74) is 1.28. The smallest absolute Gasteiger partial charge is 0.320 e. The predicted octanol–water partition coefficient (Wildman–Crippen LogP) is 3.73. The van der Waals surface area contributed by atoms with Crippen molar-refractivity contribution >= 4 is 40.9 Å². The van der Waals surface area contributed by atoms with Crippen molar-refractivity contribution in [2.75, 3.05) is 74.0 Å². The van der Waals surface area contributed by atoms with Crippen molar-refractivity contribution in [1.82, 2.24) is 35.1 Å². The zero-order valence-electron chi connectivity index (χ0n) is 33.6. The summed E-state index contributed by atoms with van der Waals surface area (Å²) < 4.78 is 44.7. The molecule has 5 amide bonds. The Kier molecular flexibility index (Phi) is 10.2. The number of carbonyl (C=O) groups excluding carboxylic acids is 4. The fourth-order valence-corrected chi connectivity index (χ4v) is 10.4. The molecule has 4 fully saturated rings. The Labute approximate surface area is 345 Å². The number of nitrogens with one attached hydrogen (secondary N) is 2. The van der Waals surface area contributed by atoms with Crippen molar-refractivity contribution in [3.63, 3.8) is 0 Å². The number of piperazine rings is 2. The van der Waals surface area contributed by atoms with E-state index in [4.69, 9.17) is 0 Å². The second-order valence-corrected chi connectivity index (χ2v) is 17.2. The number of phenolic OH excluding ortho intramolecular Hbond substituents is 1. The van der Waals surface area contributed by atoms with Crippen LogP contribution >= 0.6 is 0 Å². The van der Waals surface area contributed by atoms with Crippen LogP contribution in [0.15, 0.2) is 42.5 Å². The molecule has 6 aliphatic heterocycles. The van der Waals surface area contributed by atoms with Gasteiger partial charge in [-0.15, -0.1) is 10.2 Å². The molecular weight excluding hydrogens is 782 g/mol. The number of fused-ring (bicyclic) bond motifs is 4. The van der Waals surface area contributed by atoms with Crippen molar-refractivity contribution in [1.29, 1.82) is 0 Å². The number of para-hydroxylation sites is 1. The molecule has 2 aromatic carbocycles. The van der Waals surface area contributed by atoms with Crippen molar-refractivity contribution in [2.24, 2.45) is 5.92 Å². The van der Waals surface area contributed by atoms with Gasteiger partial charge in [-0.1, -0.05) is 12.1 Å². The van der Waals surface area contributed by atoms with Crippen molar-refractivity contribution in [2.45, 2.75) is 76.2 Å². The van der Waals surface area contributed by atoms with E-state index in [-0.39, 0.29) is 73.8 Å². The Bertz CT molecular complexity index is 2210. The molecule has 4 saturated heterocycles. The maximum atomic E-state index is 15.3. The highest BCUT2D eigenvalue weighted by atomic mass is 19.3. The molecule has 1 aromatic heterocycles. The minimum atomic E-state index is -2.82. The molecule has 318 valence electrons. The van der Waals surface area contributed by atoms with Crippen LogP contribution in [0.4, 0.5) is 35.2 Å². The van der Waals surface area contributed by atoms with E-state index >= 15 is 8.78 Å². The van der Waals surface area contributed by atoms with Crippen molar-refractivity contribution in [3.05, 3.63) is 59.4 Å². The topological polar surface area (TPSA) is 158 Å². The molecule has 0 saturated carbocycles. The number of aromatic hydroxyl groups is 1. The van der Waals surface area contributed by atoms with Gasteiger partial charge in [0, 0.05) is 94.2 Å². The van der Waals surface area contributed by atoms with Crippen LogP contribution in [0.1, 0.15) is 55.5 Å². The molecule has 0 aliphatic carbocycles. The Balaban J connectivity index is 0.803. The number of anilines is 3. The minimum absolute atomic E-state index is 0.0949. The molecule has 7 heterocycles. The van der Waals surface area contributed by atoms with Gasteiger partial charge in [-0.2, -0.15) is 0 Å². The van der Waals surface area contributed by atoms with E-state index in [0.29, 0.717) is 36.0 Å². The van der Waals surface area contributed by atoms with Gasteiger partial charge in [-0.25, -0.2) is 18.0 Å². The zero-order chi connectivity index (χ0) is 42.0. The molecule has 6 aliphatic rings. The van der Waals surface area contributed by atoms with E-state index in [0.717, 1.165) is 62.9 Å². The van der Waals surface area contributed by atoms with Gasteiger partial charge in [0.15, 0.2) is 17.4 Å². The van der Waals surface area contributed by atoms with Crippen LogP contribution in [0.5, 0.6) is 5.75 Å². The number of carbonyl (C=O) groups is 4. The number of urea groups is 1. The second-order valence-electron chi connectivity index (χ2n) is 17.2. The highest BCUT2D eigenvalue weighted by Gasteiger charge is 2.54. The van der Waals surface area contributed by atoms with Gasteiger partial charge < -0.3 is 34.9 Å². The number of phenols is 1. The van der Waals surface area contributed by atoms with Gasteiger partial charge in [0.25, 0.3) is 12.3 Å². The van der Waals surface area contributed by atoms with Gasteiger partial charge in [0.05, 0.1) is 17.9 Å². The molecule has 0 bridgehead atoms. The van der Waals surface area contributed by atoms with Crippen LogP contribution in [0, 0.1) is 11.7 Å². The fourth-order valence-electron chi connectivity index (χ4n) is 10.4. The zero-order valence-corrected chi connectivity index (χ0v) is 33.6. The lowest BCUT2D eigenvalue weighted by atomic mass is 9.86. The minimum Gasteiger partial charge on any atom is -0.504 e. The van der Waals surface area contributed by atoms with E-state index in [1.165, 1.54) is 18.2 Å². The summed E-state index contributed by atoms with van der Waals surface area (Å²) in [7, 11) is 0. The molecule has 60 heavy (non-hydrogen) atoms. The molecule has 18 heteroatoms. The Hall–Kier alpha value is -5.65. The summed E-state index contributed by atoms with van der Waals surface area (Å²) in [6.07, 6.45) is -0.708. The Morgan fingerprint density at radius 1 is 0.967 bits per heavy atom. The lowest BCUT2D eigenvalue weighted by Gasteiger charge is -2.55. The summed E-state index contributed by atoms with van der Waals surface area (Å²) in [5, 5.41) is 24.0. The molecule has 0 spiro atoms. The molecule has 2 unspecified atom stereocenters.